The van der Waals surface area contributed by atoms with Crippen LogP contribution < -0.4 is 5.32 Å². The highest BCUT2D eigenvalue weighted by Crippen LogP contribution is 2.44. The van der Waals surface area contributed by atoms with E-state index < -0.39 is 11.7 Å². The molecular weight excluding hydrogens is 353 g/mol. The molecule has 1 aromatic carbocycles. The summed E-state index contributed by atoms with van der Waals surface area (Å²) in [5.74, 6) is 1.39. The van der Waals surface area contributed by atoms with E-state index in [2.05, 4.69) is 10.2 Å². The number of hydrogen-bond acceptors (Lipinski definition) is 2. The Morgan fingerprint density at radius 3 is 2.22 bits per heavy atom. The number of piperidine rings is 1. The summed E-state index contributed by atoms with van der Waals surface area (Å²) in [6.45, 7) is 1.15. The number of carbonyl (C=O) groups excluding carboxylic acids is 1. The zero-order valence-electron chi connectivity index (χ0n) is 15.5. The van der Waals surface area contributed by atoms with Gasteiger partial charge in [-0.05, 0) is 74.6 Å². The summed E-state index contributed by atoms with van der Waals surface area (Å²) in [4.78, 5) is 14.8. The van der Waals surface area contributed by atoms with Crippen molar-refractivity contribution in [3.8, 4) is 0 Å². The lowest BCUT2D eigenvalue weighted by Crippen LogP contribution is -2.46. The lowest BCUT2D eigenvalue weighted by molar-refractivity contribution is -0.137. The molecule has 1 atom stereocenters. The Labute approximate surface area is 158 Å². The summed E-state index contributed by atoms with van der Waals surface area (Å²) >= 11 is 0. The minimum Gasteiger partial charge on any atom is -0.352 e. The van der Waals surface area contributed by atoms with Crippen LogP contribution in [0.25, 0.3) is 0 Å². The molecule has 6 heteroatoms. The van der Waals surface area contributed by atoms with Gasteiger partial charge in [-0.2, -0.15) is 13.2 Å². The molecule has 1 aromatic rings. The maximum atomic E-state index is 12.8. The first-order chi connectivity index (χ1) is 12.9. The van der Waals surface area contributed by atoms with Crippen LogP contribution in [0.5, 0.6) is 0 Å². The number of halogens is 3. The van der Waals surface area contributed by atoms with Crippen LogP contribution in [0.15, 0.2) is 24.3 Å². The Kier molecular flexibility index (Phi) is 5.19. The normalized spacial score (nSPS) is 24.2. The molecule has 0 spiro atoms. The van der Waals surface area contributed by atoms with Crippen molar-refractivity contribution in [2.45, 2.75) is 63.2 Å². The van der Waals surface area contributed by atoms with Gasteiger partial charge in [-0.15, -0.1) is 0 Å². The van der Waals surface area contributed by atoms with E-state index in [0.717, 1.165) is 43.5 Å². The number of carbonyl (C=O) groups is 1. The van der Waals surface area contributed by atoms with E-state index in [9.17, 15) is 18.0 Å². The zero-order valence-corrected chi connectivity index (χ0v) is 15.5. The van der Waals surface area contributed by atoms with Gasteiger partial charge >= 0.3 is 6.18 Å². The average molecular weight is 380 g/mol. The largest absolute Gasteiger partial charge is 0.416 e. The lowest BCUT2D eigenvalue weighted by Gasteiger charge is -2.36. The van der Waals surface area contributed by atoms with Crippen LogP contribution in [0.3, 0.4) is 0 Å². The smallest absolute Gasteiger partial charge is 0.352 e. The topological polar surface area (TPSA) is 32.3 Å². The van der Waals surface area contributed by atoms with Crippen LogP contribution in [0.2, 0.25) is 0 Å². The van der Waals surface area contributed by atoms with Gasteiger partial charge in [-0.1, -0.05) is 18.6 Å². The molecule has 1 aliphatic heterocycles. The first-order valence-electron chi connectivity index (χ1n) is 10.1. The van der Waals surface area contributed by atoms with Gasteiger partial charge in [0.1, 0.15) is 0 Å². The number of nitrogens with one attached hydrogen (secondary N) is 1. The van der Waals surface area contributed by atoms with E-state index in [4.69, 9.17) is 0 Å². The molecule has 1 amide bonds. The SMILES string of the molecule is O=C(CN1CCCCC1c1ccc(C(F)(F)F)cc1)NC(C1CC1)C1CC1. The molecule has 2 aliphatic carbocycles. The molecule has 4 rings (SSSR count). The predicted molar refractivity (Wildman–Crippen MR) is 97.0 cm³/mol. The molecule has 0 bridgehead atoms. The standard InChI is InChI=1S/C21H27F3N2O/c22-21(23,24)17-10-8-14(9-11-17)18-3-1-2-12-26(18)13-19(27)25-20(15-4-5-15)16-6-7-16/h8-11,15-16,18,20H,1-7,12-13H2,(H,25,27). The van der Waals surface area contributed by atoms with Gasteiger partial charge in [0.2, 0.25) is 5.91 Å². The Morgan fingerprint density at radius 2 is 1.67 bits per heavy atom. The van der Waals surface area contributed by atoms with E-state index in [1.165, 1.54) is 25.7 Å². The lowest BCUT2D eigenvalue weighted by atomic mass is 9.94. The molecule has 148 valence electrons. The molecule has 3 fully saturated rings. The van der Waals surface area contributed by atoms with Crippen molar-refractivity contribution in [1.82, 2.24) is 10.2 Å². The highest BCUT2D eigenvalue weighted by Gasteiger charge is 2.42. The quantitative estimate of drug-likeness (QED) is 0.786. The molecule has 2 saturated carbocycles. The predicted octanol–water partition coefficient (Wildman–Crippen LogP) is 4.54. The summed E-state index contributed by atoms with van der Waals surface area (Å²) < 4.78 is 38.4. The highest BCUT2D eigenvalue weighted by molar-refractivity contribution is 5.78. The fraction of sp³-hybridized carbons (Fsp3) is 0.667. The van der Waals surface area contributed by atoms with Crippen LogP contribution in [0.1, 0.15) is 62.1 Å². The van der Waals surface area contributed by atoms with Gasteiger partial charge in [-0.25, -0.2) is 0 Å². The summed E-state index contributed by atoms with van der Waals surface area (Å²) in [6, 6.07) is 5.80. The molecule has 3 aliphatic rings. The number of amides is 1. The number of rotatable bonds is 6. The molecule has 1 N–H and O–H groups in total. The van der Waals surface area contributed by atoms with E-state index in [1.54, 1.807) is 12.1 Å². The van der Waals surface area contributed by atoms with Crippen molar-refractivity contribution in [3.05, 3.63) is 35.4 Å². The van der Waals surface area contributed by atoms with Crippen LogP contribution in [0, 0.1) is 11.8 Å². The van der Waals surface area contributed by atoms with Crippen molar-refractivity contribution < 1.29 is 18.0 Å². The monoisotopic (exact) mass is 380 g/mol. The van der Waals surface area contributed by atoms with Crippen LogP contribution in [-0.4, -0.2) is 29.9 Å². The minimum absolute atomic E-state index is 0.0204. The van der Waals surface area contributed by atoms with E-state index in [1.807, 2.05) is 0 Å². The fourth-order valence-corrected chi connectivity index (χ4v) is 4.40. The fourth-order valence-electron chi connectivity index (χ4n) is 4.40. The minimum atomic E-state index is -4.31. The molecule has 1 saturated heterocycles. The second kappa shape index (κ2) is 7.46. The van der Waals surface area contributed by atoms with Gasteiger partial charge in [-0.3, -0.25) is 9.69 Å². The van der Waals surface area contributed by atoms with Crippen LogP contribution >= 0.6 is 0 Å². The van der Waals surface area contributed by atoms with Crippen molar-refractivity contribution in [2.75, 3.05) is 13.1 Å². The molecule has 0 radical (unpaired) electrons. The number of likely N-dealkylation sites (tertiary alicyclic amines) is 1. The van der Waals surface area contributed by atoms with Gasteiger partial charge in [0.05, 0.1) is 12.1 Å². The third-order valence-corrected chi connectivity index (χ3v) is 6.17. The second-order valence-corrected chi connectivity index (χ2v) is 8.37. The molecular formula is C21H27F3N2O. The first kappa shape index (κ1) is 18.8. The molecule has 3 nitrogen and oxygen atoms in total. The number of alkyl halides is 3. The Hall–Kier alpha value is -1.56. The van der Waals surface area contributed by atoms with Gasteiger partial charge in [0, 0.05) is 12.1 Å². The molecule has 27 heavy (non-hydrogen) atoms. The Morgan fingerprint density at radius 1 is 1.04 bits per heavy atom. The molecule has 1 unspecified atom stereocenters. The second-order valence-electron chi connectivity index (χ2n) is 8.37. The number of hydrogen-bond donors (Lipinski definition) is 1. The highest BCUT2D eigenvalue weighted by atomic mass is 19.4. The molecule has 0 aromatic heterocycles. The van der Waals surface area contributed by atoms with Crippen molar-refractivity contribution in [2.24, 2.45) is 11.8 Å². The van der Waals surface area contributed by atoms with Gasteiger partial charge in [0.25, 0.3) is 0 Å². The summed E-state index contributed by atoms with van der Waals surface area (Å²) in [7, 11) is 0. The summed E-state index contributed by atoms with van der Waals surface area (Å²) in [6.07, 6.45) is 3.52. The van der Waals surface area contributed by atoms with Gasteiger partial charge in [0.15, 0.2) is 0 Å². The first-order valence-corrected chi connectivity index (χ1v) is 10.1. The van der Waals surface area contributed by atoms with E-state index in [-0.39, 0.29) is 11.9 Å². The van der Waals surface area contributed by atoms with Crippen molar-refractivity contribution in [1.29, 1.82) is 0 Å². The van der Waals surface area contributed by atoms with Gasteiger partial charge < -0.3 is 5.32 Å². The van der Waals surface area contributed by atoms with E-state index in [0.29, 0.717) is 24.4 Å². The average Bonchev–Trinajstić information content (AvgIpc) is 3.54. The Bertz CT molecular complexity index is 653. The zero-order chi connectivity index (χ0) is 19.0. The number of nitrogens with zero attached hydrogens (tertiary/aromatic N) is 1. The van der Waals surface area contributed by atoms with Crippen molar-refractivity contribution >= 4 is 5.91 Å². The van der Waals surface area contributed by atoms with Crippen molar-refractivity contribution in [3.63, 3.8) is 0 Å². The summed E-state index contributed by atoms with van der Waals surface area (Å²) in [5, 5.41) is 3.26. The van der Waals surface area contributed by atoms with Crippen LogP contribution in [0.4, 0.5) is 13.2 Å². The van der Waals surface area contributed by atoms with Crippen LogP contribution in [-0.2, 0) is 11.0 Å². The van der Waals surface area contributed by atoms with E-state index >= 15 is 0 Å². The third-order valence-electron chi connectivity index (χ3n) is 6.17. The maximum absolute atomic E-state index is 12.8. The maximum Gasteiger partial charge on any atom is 0.416 e. The Balaban J connectivity index is 1.40. The summed E-state index contributed by atoms with van der Waals surface area (Å²) in [5.41, 5.74) is 0.250. The number of benzene rings is 1. The third kappa shape index (κ3) is 4.65. The molecule has 1 heterocycles.